The summed E-state index contributed by atoms with van der Waals surface area (Å²) < 4.78 is 7.15. The molecule has 1 heterocycles. The van der Waals surface area contributed by atoms with Crippen LogP contribution in [0.2, 0.25) is 0 Å². The van der Waals surface area contributed by atoms with Gasteiger partial charge in [0.15, 0.2) is 0 Å². The van der Waals surface area contributed by atoms with E-state index in [-0.39, 0.29) is 5.97 Å². The van der Waals surface area contributed by atoms with Crippen LogP contribution in [0.25, 0.3) is 0 Å². The van der Waals surface area contributed by atoms with Gasteiger partial charge in [0, 0.05) is 36.0 Å². The zero-order valence-corrected chi connectivity index (χ0v) is 10.7. The van der Waals surface area contributed by atoms with Crippen LogP contribution < -0.4 is 0 Å². The number of halogens is 1. The van der Waals surface area contributed by atoms with Crippen molar-refractivity contribution < 1.29 is 9.53 Å². The minimum atomic E-state index is -0.229. The van der Waals surface area contributed by atoms with Gasteiger partial charge < -0.3 is 4.74 Å². The molecule has 15 heavy (non-hydrogen) atoms. The van der Waals surface area contributed by atoms with Crippen LogP contribution in [0.3, 0.4) is 0 Å². The van der Waals surface area contributed by atoms with E-state index in [1.807, 2.05) is 25.1 Å². The molecule has 0 saturated heterocycles. The second-order valence-corrected chi connectivity index (χ2v) is 4.85. The Morgan fingerprint density at radius 2 is 2.20 bits per heavy atom. The van der Waals surface area contributed by atoms with Crippen molar-refractivity contribution >= 4 is 28.8 Å². The summed E-state index contributed by atoms with van der Waals surface area (Å²) in [4.78, 5) is 11.5. The second kappa shape index (κ2) is 4.49. The van der Waals surface area contributed by atoms with Crippen LogP contribution in [-0.4, -0.2) is 15.7 Å². The highest BCUT2D eigenvalue weighted by molar-refractivity contribution is 14.1. The maximum Gasteiger partial charge on any atom is 0.338 e. The predicted molar refractivity (Wildman–Crippen MR) is 65.7 cm³/mol. The Bertz CT molecular complexity index is 392. The van der Waals surface area contributed by atoms with Crippen molar-refractivity contribution in [2.75, 3.05) is 6.61 Å². The van der Waals surface area contributed by atoms with Crippen LogP contribution in [0.1, 0.15) is 28.4 Å². The van der Waals surface area contributed by atoms with E-state index in [9.17, 15) is 4.79 Å². The third-order valence-electron chi connectivity index (χ3n) is 2.40. The van der Waals surface area contributed by atoms with Crippen molar-refractivity contribution in [3.63, 3.8) is 0 Å². The molecule has 0 aliphatic carbocycles. The third kappa shape index (κ3) is 2.31. The highest BCUT2D eigenvalue weighted by Gasteiger charge is 2.18. The number of benzene rings is 1. The lowest BCUT2D eigenvalue weighted by Gasteiger charge is -2.03. The van der Waals surface area contributed by atoms with E-state index >= 15 is 0 Å². The van der Waals surface area contributed by atoms with Gasteiger partial charge in [-0.25, -0.2) is 7.91 Å². The SMILES string of the molecule is CCOC(=O)c1ccc2c(c1)CN(I)C2. The molecule has 1 aliphatic rings. The largest absolute Gasteiger partial charge is 0.462 e. The van der Waals surface area contributed by atoms with Crippen LogP contribution in [0.4, 0.5) is 0 Å². The average molecular weight is 317 g/mol. The van der Waals surface area contributed by atoms with Gasteiger partial charge >= 0.3 is 5.97 Å². The first-order valence-corrected chi connectivity index (χ1v) is 5.87. The predicted octanol–water partition coefficient (Wildman–Crippen LogP) is 2.53. The Kier molecular flexibility index (Phi) is 3.25. The van der Waals surface area contributed by atoms with Crippen molar-refractivity contribution in [3.05, 3.63) is 34.9 Å². The summed E-state index contributed by atoms with van der Waals surface area (Å²) in [5, 5.41) is 0. The van der Waals surface area contributed by atoms with Gasteiger partial charge in [0.05, 0.1) is 12.2 Å². The maximum atomic E-state index is 11.5. The zero-order valence-electron chi connectivity index (χ0n) is 8.50. The van der Waals surface area contributed by atoms with Gasteiger partial charge in [0.25, 0.3) is 0 Å². The second-order valence-electron chi connectivity index (χ2n) is 3.48. The standard InChI is InChI=1S/C11H12INO2/c1-2-15-11(14)8-3-4-9-6-13(12)7-10(9)5-8/h3-5H,2,6-7H2,1H3. The number of carbonyl (C=O) groups is 1. The fourth-order valence-electron chi connectivity index (χ4n) is 1.69. The van der Waals surface area contributed by atoms with Crippen molar-refractivity contribution in [3.8, 4) is 0 Å². The van der Waals surface area contributed by atoms with Crippen molar-refractivity contribution in [1.82, 2.24) is 3.11 Å². The van der Waals surface area contributed by atoms with Crippen LogP contribution in [0.5, 0.6) is 0 Å². The minimum Gasteiger partial charge on any atom is -0.462 e. The fraction of sp³-hybridized carbons (Fsp3) is 0.364. The van der Waals surface area contributed by atoms with Gasteiger partial charge in [-0.2, -0.15) is 0 Å². The molecular formula is C11H12INO2. The summed E-state index contributed by atoms with van der Waals surface area (Å²) in [6.07, 6.45) is 0. The molecule has 2 rings (SSSR count). The number of hydrogen-bond acceptors (Lipinski definition) is 3. The maximum absolute atomic E-state index is 11.5. The summed E-state index contributed by atoms with van der Waals surface area (Å²) in [6, 6.07) is 5.79. The summed E-state index contributed by atoms with van der Waals surface area (Å²) in [6.45, 7) is 4.11. The number of fused-ring (bicyclic) bond motifs is 1. The molecule has 1 aliphatic heterocycles. The summed E-state index contributed by atoms with van der Waals surface area (Å²) >= 11 is 2.29. The van der Waals surface area contributed by atoms with Crippen LogP contribution in [-0.2, 0) is 17.8 Å². The first-order chi connectivity index (χ1) is 7.20. The van der Waals surface area contributed by atoms with Gasteiger partial charge in [-0.15, -0.1) is 0 Å². The lowest BCUT2D eigenvalue weighted by Crippen LogP contribution is -2.05. The first kappa shape index (κ1) is 10.9. The highest BCUT2D eigenvalue weighted by atomic mass is 127. The summed E-state index contributed by atoms with van der Waals surface area (Å²) in [5.41, 5.74) is 3.19. The summed E-state index contributed by atoms with van der Waals surface area (Å²) in [5.74, 6) is -0.229. The molecule has 0 unspecified atom stereocenters. The van der Waals surface area contributed by atoms with Crippen molar-refractivity contribution in [2.45, 2.75) is 20.0 Å². The molecule has 0 bridgehead atoms. The minimum absolute atomic E-state index is 0.229. The molecule has 1 aromatic carbocycles. The van der Waals surface area contributed by atoms with Crippen LogP contribution in [0, 0.1) is 0 Å². The van der Waals surface area contributed by atoms with Gasteiger partial charge in [0.2, 0.25) is 0 Å². The Labute approximate surface area is 103 Å². The lowest BCUT2D eigenvalue weighted by atomic mass is 10.1. The normalized spacial score (nSPS) is 15.1. The molecule has 0 radical (unpaired) electrons. The number of nitrogens with zero attached hydrogens (tertiary/aromatic N) is 1. The molecule has 80 valence electrons. The van der Waals surface area contributed by atoms with E-state index in [0.29, 0.717) is 12.2 Å². The fourth-order valence-corrected chi connectivity index (χ4v) is 2.43. The van der Waals surface area contributed by atoms with Gasteiger partial charge in [-0.1, -0.05) is 6.07 Å². The average Bonchev–Trinajstić information content (AvgIpc) is 2.57. The molecular weight excluding hydrogens is 305 g/mol. The number of hydrogen-bond donors (Lipinski definition) is 0. The molecule has 0 saturated carbocycles. The number of rotatable bonds is 2. The molecule has 3 nitrogen and oxygen atoms in total. The van der Waals surface area contributed by atoms with Crippen molar-refractivity contribution in [1.29, 1.82) is 0 Å². The quantitative estimate of drug-likeness (QED) is 0.477. The van der Waals surface area contributed by atoms with E-state index < -0.39 is 0 Å². The lowest BCUT2D eigenvalue weighted by molar-refractivity contribution is 0.0526. The summed E-state index contributed by atoms with van der Waals surface area (Å²) in [7, 11) is 0. The van der Waals surface area contributed by atoms with Crippen LogP contribution in [0.15, 0.2) is 18.2 Å². The van der Waals surface area contributed by atoms with Gasteiger partial charge in [-0.05, 0) is 30.2 Å². The third-order valence-corrected chi connectivity index (χ3v) is 3.08. The Hall–Kier alpha value is -0.620. The Balaban J connectivity index is 2.23. The Morgan fingerprint density at radius 3 is 2.93 bits per heavy atom. The van der Waals surface area contributed by atoms with E-state index in [0.717, 1.165) is 13.1 Å². The van der Waals surface area contributed by atoms with E-state index in [1.165, 1.54) is 11.1 Å². The molecule has 1 aromatic rings. The zero-order chi connectivity index (χ0) is 10.8. The van der Waals surface area contributed by atoms with Crippen molar-refractivity contribution in [2.24, 2.45) is 0 Å². The van der Waals surface area contributed by atoms with Crippen LogP contribution >= 0.6 is 22.9 Å². The van der Waals surface area contributed by atoms with Gasteiger partial charge in [-0.3, -0.25) is 0 Å². The van der Waals surface area contributed by atoms with E-state index in [4.69, 9.17) is 4.74 Å². The Morgan fingerprint density at radius 1 is 1.47 bits per heavy atom. The highest BCUT2D eigenvalue weighted by Crippen LogP contribution is 2.26. The number of esters is 1. The molecule has 4 heteroatoms. The monoisotopic (exact) mass is 317 g/mol. The molecule has 0 spiro atoms. The molecule has 0 amide bonds. The first-order valence-electron chi connectivity index (χ1n) is 4.90. The van der Waals surface area contributed by atoms with E-state index in [2.05, 4.69) is 26.0 Å². The number of carbonyl (C=O) groups excluding carboxylic acids is 1. The van der Waals surface area contributed by atoms with E-state index in [1.54, 1.807) is 0 Å². The topological polar surface area (TPSA) is 29.5 Å². The molecule has 0 atom stereocenters. The number of ether oxygens (including phenoxy) is 1. The molecule has 0 N–H and O–H groups in total. The molecule has 0 fully saturated rings. The molecule has 0 aromatic heterocycles. The van der Waals surface area contributed by atoms with Gasteiger partial charge in [0.1, 0.15) is 0 Å². The smallest absolute Gasteiger partial charge is 0.338 e.